The highest BCUT2D eigenvalue weighted by molar-refractivity contribution is 5.35. The Morgan fingerprint density at radius 3 is 2.26 bits per heavy atom. The molecule has 0 aliphatic carbocycles. The molecule has 0 heterocycles. The van der Waals surface area contributed by atoms with Gasteiger partial charge in [-0.15, -0.1) is 0 Å². The number of nitriles is 1. The first-order valence-electron chi connectivity index (χ1n) is 5.85. The predicted octanol–water partition coefficient (Wildman–Crippen LogP) is 2.78. The topological polar surface area (TPSA) is 59.0 Å². The van der Waals surface area contributed by atoms with Gasteiger partial charge in [0.05, 0.1) is 11.6 Å². The van der Waals surface area contributed by atoms with Crippen molar-refractivity contribution in [2.75, 3.05) is 6.54 Å². The molecule has 2 aromatic carbocycles. The molecule has 2 N–H and O–H groups in total. The standard InChI is InChI=1S/C15H13FN2O/c16-13-5-3-12(4-6-13)15(10-18)19-14-7-1-11(9-17)2-8-14/h1-8,15H,10,18H2. The van der Waals surface area contributed by atoms with Crippen molar-refractivity contribution in [3.05, 3.63) is 65.5 Å². The highest BCUT2D eigenvalue weighted by Gasteiger charge is 2.11. The molecule has 0 saturated heterocycles. The van der Waals surface area contributed by atoms with E-state index in [2.05, 4.69) is 0 Å². The van der Waals surface area contributed by atoms with Crippen LogP contribution < -0.4 is 10.5 Å². The van der Waals surface area contributed by atoms with Crippen molar-refractivity contribution in [1.82, 2.24) is 0 Å². The van der Waals surface area contributed by atoms with Gasteiger partial charge in [0.15, 0.2) is 0 Å². The Hall–Kier alpha value is -2.38. The van der Waals surface area contributed by atoms with Crippen LogP contribution in [-0.2, 0) is 0 Å². The molecule has 4 heteroatoms. The third-order valence-electron chi connectivity index (χ3n) is 2.72. The second-order valence-electron chi connectivity index (χ2n) is 4.03. The van der Waals surface area contributed by atoms with Crippen molar-refractivity contribution >= 4 is 0 Å². The SMILES string of the molecule is N#Cc1ccc(OC(CN)c2ccc(F)cc2)cc1. The summed E-state index contributed by atoms with van der Waals surface area (Å²) in [4.78, 5) is 0. The fourth-order valence-electron chi connectivity index (χ4n) is 1.70. The smallest absolute Gasteiger partial charge is 0.136 e. The molecule has 0 bridgehead atoms. The Morgan fingerprint density at radius 2 is 1.74 bits per heavy atom. The van der Waals surface area contributed by atoms with Crippen molar-refractivity contribution in [1.29, 1.82) is 5.26 Å². The second kappa shape index (κ2) is 5.98. The molecule has 0 radical (unpaired) electrons. The molecule has 2 aromatic rings. The molecule has 0 fully saturated rings. The van der Waals surface area contributed by atoms with E-state index in [-0.39, 0.29) is 18.5 Å². The molecule has 1 unspecified atom stereocenters. The Bertz CT molecular complexity index is 573. The number of halogens is 1. The zero-order chi connectivity index (χ0) is 13.7. The van der Waals surface area contributed by atoms with Gasteiger partial charge in [-0.2, -0.15) is 5.26 Å². The molecule has 0 saturated carbocycles. The summed E-state index contributed by atoms with van der Waals surface area (Å²) < 4.78 is 18.6. The minimum absolute atomic E-state index is 0.283. The highest BCUT2D eigenvalue weighted by Crippen LogP contribution is 2.21. The fourth-order valence-corrected chi connectivity index (χ4v) is 1.70. The predicted molar refractivity (Wildman–Crippen MR) is 70.0 cm³/mol. The van der Waals surface area contributed by atoms with Crippen molar-refractivity contribution in [2.45, 2.75) is 6.10 Å². The van der Waals surface area contributed by atoms with E-state index in [0.717, 1.165) is 5.56 Å². The molecule has 96 valence electrons. The van der Waals surface area contributed by atoms with Crippen LogP contribution in [0.4, 0.5) is 4.39 Å². The normalized spacial score (nSPS) is 11.6. The first kappa shape index (κ1) is 13.1. The number of benzene rings is 2. The van der Waals surface area contributed by atoms with Gasteiger partial charge in [-0.25, -0.2) is 4.39 Å². The van der Waals surface area contributed by atoms with Gasteiger partial charge < -0.3 is 10.5 Å². The number of hydrogen-bond donors (Lipinski definition) is 1. The lowest BCUT2D eigenvalue weighted by atomic mass is 10.1. The van der Waals surface area contributed by atoms with Gasteiger partial charge >= 0.3 is 0 Å². The van der Waals surface area contributed by atoms with Crippen LogP contribution in [0.2, 0.25) is 0 Å². The van der Waals surface area contributed by atoms with Crippen LogP contribution in [0.5, 0.6) is 5.75 Å². The first-order chi connectivity index (χ1) is 9.22. The van der Waals surface area contributed by atoms with Crippen LogP contribution in [0, 0.1) is 17.1 Å². The number of nitrogens with zero attached hydrogens (tertiary/aromatic N) is 1. The zero-order valence-electron chi connectivity index (χ0n) is 10.2. The number of nitrogens with two attached hydrogens (primary N) is 1. The Morgan fingerprint density at radius 1 is 1.11 bits per heavy atom. The van der Waals surface area contributed by atoms with Gasteiger partial charge in [-0.1, -0.05) is 12.1 Å². The summed E-state index contributed by atoms with van der Waals surface area (Å²) in [7, 11) is 0. The third-order valence-corrected chi connectivity index (χ3v) is 2.72. The van der Waals surface area contributed by atoms with Crippen LogP contribution >= 0.6 is 0 Å². The van der Waals surface area contributed by atoms with Crippen molar-refractivity contribution < 1.29 is 9.13 Å². The molecule has 0 aliphatic rings. The highest BCUT2D eigenvalue weighted by atomic mass is 19.1. The van der Waals surface area contributed by atoms with Gasteiger partial charge in [-0.3, -0.25) is 0 Å². The molecule has 0 aliphatic heterocycles. The first-order valence-corrected chi connectivity index (χ1v) is 5.85. The van der Waals surface area contributed by atoms with Crippen LogP contribution in [0.15, 0.2) is 48.5 Å². The molecule has 0 amide bonds. The molecule has 2 rings (SSSR count). The monoisotopic (exact) mass is 256 g/mol. The summed E-state index contributed by atoms with van der Waals surface area (Å²) in [5, 5.41) is 8.71. The van der Waals surface area contributed by atoms with Gasteiger partial charge in [0.25, 0.3) is 0 Å². The van der Waals surface area contributed by atoms with Crippen LogP contribution in [-0.4, -0.2) is 6.54 Å². The number of hydrogen-bond acceptors (Lipinski definition) is 3. The van der Waals surface area contributed by atoms with Gasteiger partial charge in [0, 0.05) is 6.54 Å². The van der Waals surface area contributed by atoms with E-state index in [4.69, 9.17) is 15.7 Å². The summed E-state index contributed by atoms with van der Waals surface area (Å²) in [6.07, 6.45) is -0.339. The lowest BCUT2D eigenvalue weighted by Crippen LogP contribution is -2.18. The maximum Gasteiger partial charge on any atom is 0.136 e. The van der Waals surface area contributed by atoms with E-state index in [1.807, 2.05) is 6.07 Å². The molecule has 0 aromatic heterocycles. The number of ether oxygens (including phenoxy) is 1. The van der Waals surface area contributed by atoms with E-state index in [1.54, 1.807) is 36.4 Å². The van der Waals surface area contributed by atoms with E-state index >= 15 is 0 Å². The summed E-state index contributed by atoms with van der Waals surface area (Å²) >= 11 is 0. The van der Waals surface area contributed by atoms with E-state index in [1.165, 1.54) is 12.1 Å². The molecular weight excluding hydrogens is 243 g/mol. The summed E-state index contributed by atoms with van der Waals surface area (Å²) in [6, 6.07) is 14.9. The summed E-state index contributed by atoms with van der Waals surface area (Å²) in [5.41, 5.74) is 7.06. The minimum Gasteiger partial charge on any atom is -0.484 e. The molecule has 0 spiro atoms. The van der Waals surface area contributed by atoms with Crippen LogP contribution in [0.25, 0.3) is 0 Å². The summed E-state index contributed by atoms with van der Waals surface area (Å²) in [6.45, 7) is 0.283. The van der Waals surface area contributed by atoms with Gasteiger partial charge in [-0.05, 0) is 42.0 Å². The maximum atomic E-state index is 12.9. The Labute approximate surface area is 111 Å². The van der Waals surface area contributed by atoms with E-state index in [9.17, 15) is 4.39 Å². The zero-order valence-corrected chi connectivity index (χ0v) is 10.2. The third kappa shape index (κ3) is 3.30. The molecule has 1 atom stereocenters. The van der Waals surface area contributed by atoms with Gasteiger partial charge in [0.1, 0.15) is 17.7 Å². The summed E-state index contributed by atoms with van der Waals surface area (Å²) in [5.74, 6) is 0.330. The Kier molecular flexibility index (Phi) is 4.11. The lowest BCUT2D eigenvalue weighted by Gasteiger charge is -2.17. The second-order valence-corrected chi connectivity index (χ2v) is 4.03. The van der Waals surface area contributed by atoms with Crippen molar-refractivity contribution in [3.8, 4) is 11.8 Å². The minimum atomic E-state index is -0.339. The number of rotatable bonds is 4. The quantitative estimate of drug-likeness (QED) is 0.915. The van der Waals surface area contributed by atoms with Crippen LogP contribution in [0.3, 0.4) is 0 Å². The van der Waals surface area contributed by atoms with E-state index in [0.29, 0.717) is 11.3 Å². The van der Waals surface area contributed by atoms with Gasteiger partial charge in [0.2, 0.25) is 0 Å². The van der Waals surface area contributed by atoms with E-state index < -0.39 is 0 Å². The fraction of sp³-hybridized carbons (Fsp3) is 0.133. The maximum absolute atomic E-state index is 12.9. The average molecular weight is 256 g/mol. The molecular formula is C15H13FN2O. The lowest BCUT2D eigenvalue weighted by molar-refractivity contribution is 0.214. The van der Waals surface area contributed by atoms with Crippen molar-refractivity contribution in [3.63, 3.8) is 0 Å². The molecule has 19 heavy (non-hydrogen) atoms. The Balaban J connectivity index is 2.14. The molecule has 3 nitrogen and oxygen atoms in total. The van der Waals surface area contributed by atoms with Crippen LogP contribution in [0.1, 0.15) is 17.2 Å². The largest absolute Gasteiger partial charge is 0.484 e. The average Bonchev–Trinajstić information content (AvgIpc) is 2.46. The van der Waals surface area contributed by atoms with Crippen molar-refractivity contribution in [2.24, 2.45) is 5.73 Å².